The Labute approximate surface area is 128 Å². The molecule has 0 radical (unpaired) electrons. The van der Waals surface area contributed by atoms with Crippen molar-refractivity contribution in [3.8, 4) is 0 Å². The van der Waals surface area contributed by atoms with Crippen molar-refractivity contribution in [2.75, 3.05) is 46.8 Å². The van der Waals surface area contributed by atoms with E-state index in [1.807, 2.05) is 7.05 Å². The monoisotopic (exact) mass is 298 g/mol. The van der Waals surface area contributed by atoms with Gasteiger partial charge in [0.1, 0.15) is 0 Å². The van der Waals surface area contributed by atoms with Crippen LogP contribution in [0.1, 0.15) is 32.6 Å². The molecule has 21 heavy (non-hydrogen) atoms. The highest BCUT2D eigenvalue weighted by Gasteiger charge is 2.22. The maximum Gasteiger partial charge on any atom is 0.317 e. The molecule has 0 aromatic heterocycles. The summed E-state index contributed by atoms with van der Waals surface area (Å²) >= 11 is 0. The van der Waals surface area contributed by atoms with Crippen molar-refractivity contribution in [1.29, 1.82) is 0 Å². The smallest absolute Gasteiger partial charge is 0.317 e. The van der Waals surface area contributed by atoms with Gasteiger partial charge in [-0.25, -0.2) is 4.79 Å². The van der Waals surface area contributed by atoms with Crippen LogP contribution in [0.2, 0.25) is 0 Å². The number of piperidine rings is 1. The van der Waals surface area contributed by atoms with Crippen molar-refractivity contribution in [2.24, 2.45) is 5.92 Å². The maximum absolute atomic E-state index is 11.9. The molecule has 0 unspecified atom stereocenters. The van der Waals surface area contributed by atoms with Gasteiger partial charge in [0.25, 0.3) is 0 Å². The summed E-state index contributed by atoms with van der Waals surface area (Å²) < 4.78 is 0. The van der Waals surface area contributed by atoms with E-state index in [0.717, 1.165) is 51.9 Å². The first-order valence-corrected chi connectivity index (χ1v) is 7.98. The Morgan fingerprint density at radius 2 is 1.95 bits per heavy atom. The van der Waals surface area contributed by atoms with Gasteiger partial charge in [-0.3, -0.25) is 9.69 Å². The number of unbranched alkanes of at least 4 members (excludes halogenated alkanes) is 1. The first kappa shape index (κ1) is 17.8. The minimum atomic E-state index is 0.0243. The largest absolute Gasteiger partial charge is 0.358 e. The Morgan fingerprint density at radius 1 is 1.29 bits per heavy atom. The Kier molecular flexibility index (Phi) is 8.12. The number of carbonyl (C=O) groups excluding carboxylic acids is 2. The third kappa shape index (κ3) is 6.80. The first-order valence-electron chi connectivity index (χ1n) is 7.98. The Bertz CT molecular complexity index is 328. The van der Waals surface area contributed by atoms with E-state index in [1.54, 1.807) is 11.9 Å². The van der Waals surface area contributed by atoms with E-state index < -0.39 is 0 Å². The minimum Gasteiger partial charge on any atom is -0.358 e. The molecule has 6 nitrogen and oxygen atoms in total. The molecular formula is C15H30N4O2. The van der Waals surface area contributed by atoms with Crippen LogP contribution in [0.4, 0.5) is 4.79 Å². The van der Waals surface area contributed by atoms with Crippen LogP contribution in [0, 0.1) is 5.92 Å². The quantitative estimate of drug-likeness (QED) is 0.686. The number of nitrogens with one attached hydrogen (secondary N) is 2. The van der Waals surface area contributed by atoms with Gasteiger partial charge in [-0.2, -0.15) is 0 Å². The van der Waals surface area contributed by atoms with Crippen LogP contribution in [0.15, 0.2) is 0 Å². The molecule has 1 aliphatic rings. The molecular weight excluding hydrogens is 268 g/mol. The molecule has 0 bridgehead atoms. The van der Waals surface area contributed by atoms with E-state index in [9.17, 15) is 9.59 Å². The molecule has 0 saturated carbocycles. The van der Waals surface area contributed by atoms with E-state index in [2.05, 4.69) is 22.5 Å². The standard InChI is InChI=1S/C15H30N4O2/c1-4-5-8-17-15(21)18(3)11-13-6-9-19(10-7-13)12-14(20)16-2/h13H,4-12H2,1-3H3,(H,16,20)(H,17,21). The molecule has 0 atom stereocenters. The molecule has 0 aromatic rings. The van der Waals surface area contributed by atoms with E-state index in [1.165, 1.54) is 0 Å². The van der Waals surface area contributed by atoms with Gasteiger partial charge in [0.05, 0.1) is 6.54 Å². The molecule has 2 N–H and O–H groups in total. The van der Waals surface area contributed by atoms with Gasteiger partial charge in [0, 0.05) is 27.2 Å². The number of carbonyl (C=O) groups is 2. The molecule has 1 rings (SSSR count). The zero-order chi connectivity index (χ0) is 15.7. The van der Waals surface area contributed by atoms with Crippen LogP contribution >= 0.6 is 0 Å². The van der Waals surface area contributed by atoms with Crippen LogP contribution in [0.5, 0.6) is 0 Å². The van der Waals surface area contributed by atoms with Crippen molar-refractivity contribution in [2.45, 2.75) is 32.6 Å². The van der Waals surface area contributed by atoms with Gasteiger partial charge in [0.15, 0.2) is 0 Å². The van der Waals surface area contributed by atoms with Crippen LogP contribution in [0.3, 0.4) is 0 Å². The summed E-state index contributed by atoms with van der Waals surface area (Å²) in [4.78, 5) is 27.2. The van der Waals surface area contributed by atoms with Crippen LogP contribution in [-0.4, -0.2) is 68.6 Å². The van der Waals surface area contributed by atoms with Gasteiger partial charge >= 0.3 is 6.03 Å². The summed E-state index contributed by atoms with van der Waals surface area (Å²) in [6.07, 6.45) is 4.21. The van der Waals surface area contributed by atoms with E-state index in [4.69, 9.17) is 0 Å². The van der Waals surface area contributed by atoms with Crippen LogP contribution in [0.25, 0.3) is 0 Å². The molecule has 1 fully saturated rings. The highest BCUT2D eigenvalue weighted by molar-refractivity contribution is 5.77. The lowest BCUT2D eigenvalue weighted by molar-refractivity contribution is -0.122. The number of nitrogens with zero attached hydrogens (tertiary/aromatic N) is 2. The molecule has 1 aliphatic heterocycles. The van der Waals surface area contributed by atoms with Crippen molar-refractivity contribution in [3.63, 3.8) is 0 Å². The second kappa shape index (κ2) is 9.60. The lowest BCUT2D eigenvalue weighted by atomic mass is 9.96. The zero-order valence-electron chi connectivity index (χ0n) is 13.7. The van der Waals surface area contributed by atoms with Gasteiger partial charge in [-0.05, 0) is 38.3 Å². The topological polar surface area (TPSA) is 64.7 Å². The summed E-state index contributed by atoms with van der Waals surface area (Å²) in [6.45, 7) is 6.02. The molecule has 3 amide bonds. The first-order chi connectivity index (χ1) is 10.1. The number of amides is 3. The van der Waals surface area contributed by atoms with Crippen LogP contribution < -0.4 is 10.6 Å². The fourth-order valence-electron chi connectivity index (χ4n) is 2.59. The fourth-order valence-corrected chi connectivity index (χ4v) is 2.59. The Morgan fingerprint density at radius 3 is 2.52 bits per heavy atom. The number of urea groups is 1. The second-order valence-electron chi connectivity index (χ2n) is 5.86. The SMILES string of the molecule is CCCCNC(=O)N(C)CC1CCN(CC(=O)NC)CC1. The Hall–Kier alpha value is -1.30. The number of likely N-dealkylation sites (tertiary alicyclic amines) is 1. The summed E-state index contributed by atoms with van der Waals surface area (Å²) in [7, 11) is 3.53. The third-order valence-electron chi connectivity index (χ3n) is 4.04. The molecule has 1 saturated heterocycles. The van der Waals surface area contributed by atoms with E-state index in [-0.39, 0.29) is 11.9 Å². The predicted octanol–water partition coefficient (Wildman–Crippen LogP) is 0.886. The highest BCUT2D eigenvalue weighted by Crippen LogP contribution is 2.17. The fraction of sp³-hybridized carbons (Fsp3) is 0.867. The summed E-state index contributed by atoms with van der Waals surface area (Å²) in [5, 5.41) is 5.59. The summed E-state index contributed by atoms with van der Waals surface area (Å²) in [6, 6.07) is 0.0243. The van der Waals surface area contributed by atoms with Crippen molar-refractivity contribution in [1.82, 2.24) is 20.4 Å². The van der Waals surface area contributed by atoms with E-state index in [0.29, 0.717) is 12.5 Å². The zero-order valence-corrected chi connectivity index (χ0v) is 13.7. The molecule has 0 aromatic carbocycles. The van der Waals surface area contributed by atoms with Crippen molar-refractivity contribution >= 4 is 11.9 Å². The van der Waals surface area contributed by atoms with Gasteiger partial charge in [-0.1, -0.05) is 13.3 Å². The van der Waals surface area contributed by atoms with Gasteiger partial charge < -0.3 is 15.5 Å². The molecule has 6 heteroatoms. The normalized spacial score (nSPS) is 16.5. The predicted molar refractivity (Wildman–Crippen MR) is 84.2 cm³/mol. The molecule has 1 heterocycles. The lowest BCUT2D eigenvalue weighted by Gasteiger charge is -2.33. The lowest BCUT2D eigenvalue weighted by Crippen LogP contribution is -2.45. The van der Waals surface area contributed by atoms with Gasteiger partial charge in [0.2, 0.25) is 5.91 Å². The third-order valence-corrected chi connectivity index (χ3v) is 4.04. The van der Waals surface area contributed by atoms with Gasteiger partial charge in [-0.15, -0.1) is 0 Å². The highest BCUT2D eigenvalue weighted by atomic mass is 16.2. The number of rotatable bonds is 7. The van der Waals surface area contributed by atoms with Crippen LogP contribution in [-0.2, 0) is 4.79 Å². The molecule has 122 valence electrons. The number of likely N-dealkylation sites (N-methyl/N-ethyl adjacent to an activating group) is 1. The average molecular weight is 298 g/mol. The van der Waals surface area contributed by atoms with Crippen molar-refractivity contribution in [3.05, 3.63) is 0 Å². The summed E-state index contributed by atoms with van der Waals surface area (Å²) in [5.74, 6) is 0.605. The summed E-state index contributed by atoms with van der Waals surface area (Å²) in [5.41, 5.74) is 0. The maximum atomic E-state index is 11.9. The van der Waals surface area contributed by atoms with E-state index >= 15 is 0 Å². The minimum absolute atomic E-state index is 0.0243. The average Bonchev–Trinajstić information content (AvgIpc) is 2.49. The Balaban J connectivity index is 2.22. The molecule has 0 spiro atoms. The number of hydrogen-bond donors (Lipinski definition) is 2. The van der Waals surface area contributed by atoms with Crippen molar-refractivity contribution < 1.29 is 9.59 Å². The second-order valence-corrected chi connectivity index (χ2v) is 5.86. The number of hydrogen-bond acceptors (Lipinski definition) is 3. The molecule has 0 aliphatic carbocycles.